The van der Waals surface area contributed by atoms with Crippen LogP contribution in [0.4, 0.5) is 10.1 Å². The number of nitrogens with zero attached hydrogens (tertiary/aromatic N) is 2. The SMILES string of the molecule is CCC(NC(=O)C1CC(=O)N(c2ccc(C)cc2F)C1)c1ccccc1OCC(=O)N(C)C. The van der Waals surface area contributed by atoms with Crippen molar-refractivity contribution in [3.63, 3.8) is 0 Å². The molecule has 0 bridgehead atoms. The van der Waals surface area contributed by atoms with Gasteiger partial charge >= 0.3 is 0 Å². The third-order valence-electron chi connectivity index (χ3n) is 5.76. The number of halogens is 1. The molecule has 1 aliphatic heterocycles. The van der Waals surface area contributed by atoms with Crippen LogP contribution in [0.3, 0.4) is 0 Å². The molecule has 0 radical (unpaired) electrons. The number of likely N-dealkylation sites (N-methyl/N-ethyl adjacent to an activating group) is 1. The van der Waals surface area contributed by atoms with Gasteiger partial charge in [-0.15, -0.1) is 0 Å². The van der Waals surface area contributed by atoms with Gasteiger partial charge in [0.2, 0.25) is 11.8 Å². The quantitative estimate of drug-likeness (QED) is 0.663. The van der Waals surface area contributed by atoms with E-state index in [2.05, 4.69) is 5.32 Å². The van der Waals surface area contributed by atoms with E-state index in [1.807, 2.05) is 19.1 Å². The molecule has 1 aliphatic rings. The van der Waals surface area contributed by atoms with Crippen LogP contribution >= 0.6 is 0 Å². The Hall–Kier alpha value is -3.42. The highest BCUT2D eigenvalue weighted by molar-refractivity contribution is 6.00. The summed E-state index contributed by atoms with van der Waals surface area (Å²) in [6.45, 7) is 3.72. The molecule has 2 aromatic carbocycles. The molecule has 2 atom stereocenters. The van der Waals surface area contributed by atoms with Gasteiger partial charge in [-0.25, -0.2) is 4.39 Å². The zero-order valence-corrected chi connectivity index (χ0v) is 19.4. The molecule has 3 rings (SSSR count). The third kappa shape index (κ3) is 5.69. The third-order valence-corrected chi connectivity index (χ3v) is 5.76. The number of benzene rings is 2. The Morgan fingerprint density at radius 3 is 2.64 bits per heavy atom. The van der Waals surface area contributed by atoms with Gasteiger partial charge in [0.1, 0.15) is 11.6 Å². The molecule has 0 saturated carbocycles. The van der Waals surface area contributed by atoms with Crippen molar-refractivity contribution < 1.29 is 23.5 Å². The molecular weight excluding hydrogens is 425 g/mol. The van der Waals surface area contributed by atoms with Crippen molar-refractivity contribution >= 4 is 23.4 Å². The Morgan fingerprint density at radius 2 is 1.97 bits per heavy atom. The molecule has 1 heterocycles. The van der Waals surface area contributed by atoms with Crippen molar-refractivity contribution in [3.05, 3.63) is 59.4 Å². The van der Waals surface area contributed by atoms with Gasteiger partial charge in [-0.3, -0.25) is 14.4 Å². The van der Waals surface area contributed by atoms with E-state index in [0.717, 1.165) is 11.1 Å². The van der Waals surface area contributed by atoms with Crippen molar-refractivity contribution in [3.8, 4) is 5.75 Å². The van der Waals surface area contributed by atoms with Gasteiger partial charge in [0, 0.05) is 32.6 Å². The number of anilines is 1. The largest absolute Gasteiger partial charge is 0.483 e. The first-order valence-electron chi connectivity index (χ1n) is 11.0. The zero-order chi connectivity index (χ0) is 24.1. The van der Waals surface area contributed by atoms with Crippen LogP contribution in [-0.2, 0) is 14.4 Å². The lowest BCUT2D eigenvalue weighted by Crippen LogP contribution is -2.35. The average Bonchev–Trinajstić information content (AvgIpc) is 3.17. The monoisotopic (exact) mass is 455 g/mol. The number of hydrogen-bond acceptors (Lipinski definition) is 4. The molecule has 2 unspecified atom stereocenters. The molecule has 2 aromatic rings. The number of hydrogen-bond donors (Lipinski definition) is 1. The fourth-order valence-corrected chi connectivity index (χ4v) is 3.80. The molecule has 1 N–H and O–H groups in total. The first-order chi connectivity index (χ1) is 15.7. The van der Waals surface area contributed by atoms with E-state index in [9.17, 15) is 18.8 Å². The number of carbonyl (C=O) groups is 3. The lowest BCUT2D eigenvalue weighted by molar-refractivity contribution is -0.131. The Balaban J connectivity index is 1.70. The number of aryl methyl sites for hydroxylation is 1. The summed E-state index contributed by atoms with van der Waals surface area (Å²) in [5, 5.41) is 3.01. The lowest BCUT2D eigenvalue weighted by atomic mass is 10.0. The summed E-state index contributed by atoms with van der Waals surface area (Å²) in [6.07, 6.45) is 0.607. The normalized spacial score (nSPS) is 16.5. The maximum absolute atomic E-state index is 14.4. The van der Waals surface area contributed by atoms with Gasteiger partial charge in [0.25, 0.3) is 5.91 Å². The Labute approximate surface area is 193 Å². The van der Waals surface area contributed by atoms with Crippen LogP contribution in [0, 0.1) is 18.7 Å². The van der Waals surface area contributed by atoms with Crippen LogP contribution in [0.15, 0.2) is 42.5 Å². The topological polar surface area (TPSA) is 79.0 Å². The number of ether oxygens (including phenoxy) is 1. The molecule has 3 amide bonds. The van der Waals surface area contributed by atoms with E-state index < -0.39 is 11.7 Å². The van der Waals surface area contributed by atoms with E-state index in [1.54, 1.807) is 45.3 Å². The number of rotatable bonds is 8. The molecule has 8 heteroatoms. The number of carbonyl (C=O) groups excluding carboxylic acids is 3. The average molecular weight is 456 g/mol. The second-order valence-corrected chi connectivity index (χ2v) is 8.44. The number of para-hydroxylation sites is 1. The summed E-state index contributed by atoms with van der Waals surface area (Å²) >= 11 is 0. The molecule has 0 aromatic heterocycles. The summed E-state index contributed by atoms with van der Waals surface area (Å²) in [7, 11) is 3.31. The van der Waals surface area contributed by atoms with Gasteiger partial charge in [0.05, 0.1) is 17.6 Å². The smallest absolute Gasteiger partial charge is 0.259 e. The van der Waals surface area contributed by atoms with Crippen molar-refractivity contribution in [2.75, 3.05) is 32.1 Å². The summed E-state index contributed by atoms with van der Waals surface area (Å²) < 4.78 is 20.1. The molecule has 0 aliphatic carbocycles. The van der Waals surface area contributed by atoms with Crippen LogP contribution < -0.4 is 15.0 Å². The first kappa shape index (κ1) is 24.2. The minimum atomic E-state index is -0.587. The van der Waals surface area contributed by atoms with E-state index in [4.69, 9.17) is 4.74 Å². The number of amides is 3. The Morgan fingerprint density at radius 1 is 1.24 bits per heavy atom. The lowest BCUT2D eigenvalue weighted by Gasteiger charge is -2.23. The van der Waals surface area contributed by atoms with Crippen molar-refractivity contribution in [2.45, 2.75) is 32.7 Å². The standard InChI is InChI=1S/C25H30FN3O4/c1-5-20(18-8-6-7-9-22(18)33-15-24(31)28(3)4)27-25(32)17-13-23(30)29(14-17)21-11-10-16(2)12-19(21)26/h6-12,17,20H,5,13-15H2,1-4H3,(H,27,32). The van der Waals surface area contributed by atoms with Gasteiger partial charge in [-0.2, -0.15) is 0 Å². The van der Waals surface area contributed by atoms with Crippen LogP contribution in [-0.4, -0.2) is 49.9 Å². The maximum Gasteiger partial charge on any atom is 0.259 e. The highest BCUT2D eigenvalue weighted by atomic mass is 19.1. The summed E-state index contributed by atoms with van der Waals surface area (Å²) in [5.74, 6) is -1.27. The Bertz CT molecular complexity index is 1040. The summed E-state index contributed by atoms with van der Waals surface area (Å²) in [6, 6.07) is 11.6. The highest BCUT2D eigenvalue weighted by Gasteiger charge is 2.37. The summed E-state index contributed by atoms with van der Waals surface area (Å²) in [4.78, 5) is 40.3. The number of nitrogens with one attached hydrogen (secondary N) is 1. The molecular formula is C25H30FN3O4. The van der Waals surface area contributed by atoms with Gasteiger partial charge in [-0.05, 0) is 37.1 Å². The molecule has 0 spiro atoms. The van der Waals surface area contributed by atoms with E-state index in [0.29, 0.717) is 12.2 Å². The van der Waals surface area contributed by atoms with E-state index in [-0.39, 0.29) is 49.0 Å². The fourth-order valence-electron chi connectivity index (χ4n) is 3.80. The second kappa shape index (κ2) is 10.5. The van der Waals surface area contributed by atoms with Crippen molar-refractivity contribution in [1.82, 2.24) is 10.2 Å². The molecule has 7 nitrogen and oxygen atoms in total. The van der Waals surface area contributed by atoms with Crippen LogP contribution in [0.2, 0.25) is 0 Å². The van der Waals surface area contributed by atoms with Gasteiger partial charge in [-0.1, -0.05) is 31.2 Å². The Kier molecular flexibility index (Phi) is 7.68. The first-order valence-corrected chi connectivity index (χ1v) is 11.0. The minimum Gasteiger partial charge on any atom is -0.483 e. The van der Waals surface area contributed by atoms with E-state index in [1.165, 1.54) is 15.9 Å². The van der Waals surface area contributed by atoms with E-state index >= 15 is 0 Å². The minimum absolute atomic E-state index is 0.0189. The molecule has 176 valence electrons. The highest BCUT2D eigenvalue weighted by Crippen LogP contribution is 2.31. The summed E-state index contributed by atoms with van der Waals surface area (Å²) in [5.41, 5.74) is 1.71. The maximum atomic E-state index is 14.4. The molecule has 33 heavy (non-hydrogen) atoms. The van der Waals surface area contributed by atoms with Crippen LogP contribution in [0.1, 0.15) is 36.9 Å². The van der Waals surface area contributed by atoms with Gasteiger partial charge < -0.3 is 19.9 Å². The van der Waals surface area contributed by atoms with Crippen molar-refractivity contribution in [1.29, 1.82) is 0 Å². The van der Waals surface area contributed by atoms with Crippen LogP contribution in [0.25, 0.3) is 0 Å². The van der Waals surface area contributed by atoms with Crippen molar-refractivity contribution in [2.24, 2.45) is 5.92 Å². The predicted octanol–water partition coefficient (Wildman–Crippen LogP) is 3.22. The molecule has 1 fully saturated rings. The second-order valence-electron chi connectivity index (χ2n) is 8.44. The zero-order valence-electron chi connectivity index (χ0n) is 19.4. The fraction of sp³-hybridized carbons (Fsp3) is 0.400. The van der Waals surface area contributed by atoms with Crippen LogP contribution in [0.5, 0.6) is 5.75 Å². The van der Waals surface area contributed by atoms with Gasteiger partial charge in [0.15, 0.2) is 6.61 Å². The molecule has 1 saturated heterocycles. The predicted molar refractivity (Wildman–Crippen MR) is 123 cm³/mol.